The van der Waals surface area contributed by atoms with E-state index >= 15 is 0 Å². The molecule has 2 aromatic rings. The predicted molar refractivity (Wildman–Crippen MR) is 120 cm³/mol. The number of rotatable bonds is 10. The maximum absolute atomic E-state index is 12.5. The van der Waals surface area contributed by atoms with Gasteiger partial charge in [-0.1, -0.05) is 36.7 Å². The number of nitrogens with one attached hydrogen (secondary N) is 1. The first-order valence-corrected chi connectivity index (χ1v) is 11.3. The third kappa shape index (κ3) is 6.18. The van der Waals surface area contributed by atoms with Crippen LogP contribution in [0.5, 0.6) is 0 Å². The molecule has 1 aliphatic rings. The number of benzene rings is 1. The molecule has 1 saturated carbocycles. The Hall–Kier alpha value is -2.63. The van der Waals surface area contributed by atoms with E-state index in [1.165, 1.54) is 6.42 Å². The van der Waals surface area contributed by atoms with Crippen molar-refractivity contribution in [1.82, 2.24) is 5.16 Å². The topological polar surface area (TPSA) is 92.4 Å². The van der Waals surface area contributed by atoms with Crippen molar-refractivity contribution in [2.24, 2.45) is 11.8 Å². The molecule has 3 rings (SSSR count). The molecule has 168 valence electrons. The van der Waals surface area contributed by atoms with Gasteiger partial charge in [0.15, 0.2) is 0 Å². The zero-order valence-corrected chi connectivity index (χ0v) is 19.0. The van der Waals surface area contributed by atoms with E-state index in [-0.39, 0.29) is 18.7 Å². The van der Waals surface area contributed by atoms with E-state index in [4.69, 9.17) is 9.63 Å². The number of hydrogen-bond acceptors (Lipinski definition) is 4. The Morgan fingerprint density at radius 3 is 2.58 bits per heavy atom. The van der Waals surface area contributed by atoms with Gasteiger partial charge < -0.3 is 14.9 Å². The molecule has 31 heavy (non-hydrogen) atoms. The number of aromatic nitrogens is 1. The molecular weight excluding hydrogens is 392 g/mol. The highest BCUT2D eigenvalue weighted by Gasteiger charge is 2.35. The van der Waals surface area contributed by atoms with Gasteiger partial charge in [0, 0.05) is 36.4 Å². The Bertz CT molecular complexity index is 926. The fourth-order valence-corrected chi connectivity index (χ4v) is 4.58. The van der Waals surface area contributed by atoms with E-state index in [0.29, 0.717) is 30.6 Å². The first-order chi connectivity index (χ1) is 14.7. The zero-order chi connectivity index (χ0) is 22.5. The summed E-state index contributed by atoms with van der Waals surface area (Å²) in [5, 5.41) is 16.4. The van der Waals surface area contributed by atoms with Gasteiger partial charge in [-0.05, 0) is 63.0 Å². The van der Waals surface area contributed by atoms with Crippen LogP contribution in [0.2, 0.25) is 0 Å². The number of amides is 1. The molecule has 1 amide bonds. The van der Waals surface area contributed by atoms with Crippen LogP contribution in [0.4, 0.5) is 5.69 Å². The van der Waals surface area contributed by atoms with Gasteiger partial charge in [0.1, 0.15) is 5.76 Å². The van der Waals surface area contributed by atoms with Crippen molar-refractivity contribution in [2.45, 2.75) is 78.6 Å². The van der Waals surface area contributed by atoms with E-state index in [2.05, 4.69) is 24.3 Å². The first kappa shape index (κ1) is 23.0. The predicted octanol–water partition coefficient (Wildman–Crippen LogP) is 5.42. The molecular formula is C25H34N2O4. The highest BCUT2D eigenvalue weighted by atomic mass is 16.5. The number of carboxylic acid groups (broad SMARTS) is 1. The van der Waals surface area contributed by atoms with Gasteiger partial charge in [-0.25, -0.2) is 0 Å². The van der Waals surface area contributed by atoms with Crippen LogP contribution in [0, 0.1) is 25.7 Å². The lowest BCUT2D eigenvalue weighted by molar-refractivity contribution is -0.137. The summed E-state index contributed by atoms with van der Waals surface area (Å²) in [6.07, 6.45) is 4.50. The lowest BCUT2D eigenvalue weighted by Crippen LogP contribution is -2.24. The van der Waals surface area contributed by atoms with Gasteiger partial charge in [0.05, 0.1) is 5.69 Å². The first-order valence-electron chi connectivity index (χ1n) is 11.3. The average molecular weight is 427 g/mol. The molecule has 1 heterocycles. The number of hydrogen-bond donors (Lipinski definition) is 2. The molecule has 0 aliphatic heterocycles. The van der Waals surface area contributed by atoms with Crippen molar-refractivity contribution in [3.8, 4) is 0 Å². The second kappa shape index (κ2) is 10.1. The minimum Gasteiger partial charge on any atom is -0.481 e. The standard InChI is InChI=1S/C25H34N2O4/c1-15(2)11-18-13-19(14-18)25-20(6-10-24(29)30)22(27-31-25)8-9-23(28)26-21-7-5-16(3)12-17(21)4/h5,7,12,15,18-19H,6,8-11,13-14H2,1-4H3,(H,26,28)(H,29,30). The highest BCUT2D eigenvalue weighted by molar-refractivity contribution is 5.91. The summed E-state index contributed by atoms with van der Waals surface area (Å²) in [6, 6.07) is 5.93. The maximum Gasteiger partial charge on any atom is 0.303 e. The highest BCUT2D eigenvalue weighted by Crippen LogP contribution is 2.46. The molecule has 2 N–H and O–H groups in total. The molecule has 0 radical (unpaired) electrons. The Morgan fingerprint density at radius 2 is 1.94 bits per heavy atom. The zero-order valence-electron chi connectivity index (χ0n) is 19.0. The van der Waals surface area contributed by atoms with Crippen LogP contribution in [0.15, 0.2) is 22.7 Å². The smallest absolute Gasteiger partial charge is 0.303 e. The van der Waals surface area contributed by atoms with E-state index in [0.717, 1.165) is 46.7 Å². The molecule has 1 aromatic carbocycles. The molecule has 6 heteroatoms. The number of carboxylic acids is 1. The number of aryl methyl sites for hydroxylation is 3. The monoisotopic (exact) mass is 426 g/mol. The molecule has 0 spiro atoms. The molecule has 0 unspecified atom stereocenters. The molecule has 1 aliphatic carbocycles. The minimum absolute atomic E-state index is 0.0398. The van der Waals surface area contributed by atoms with Crippen molar-refractivity contribution in [2.75, 3.05) is 5.32 Å². The summed E-state index contributed by atoms with van der Waals surface area (Å²) >= 11 is 0. The summed E-state index contributed by atoms with van der Waals surface area (Å²) < 4.78 is 5.69. The quantitative estimate of drug-likeness (QED) is 0.529. The van der Waals surface area contributed by atoms with Gasteiger partial charge in [0.25, 0.3) is 0 Å². The van der Waals surface area contributed by atoms with Crippen LogP contribution in [0.3, 0.4) is 0 Å². The van der Waals surface area contributed by atoms with E-state index < -0.39 is 5.97 Å². The van der Waals surface area contributed by atoms with Crippen LogP contribution < -0.4 is 5.32 Å². The Morgan fingerprint density at radius 1 is 1.19 bits per heavy atom. The van der Waals surface area contributed by atoms with E-state index in [1.54, 1.807) is 0 Å². The molecule has 0 atom stereocenters. The second-order valence-electron chi connectivity index (χ2n) is 9.40. The average Bonchev–Trinajstić information content (AvgIpc) is 3.05. The van der Waals surface area contributed by atoms with Crippen molar-refractivity contribution in [1.29, 1.82) is 0 Å². The number of aliphatic carboxylic acids is 1. The Kier molecular flexibility index (Phi) is 7.52. The van der Waals surface area contributed by atoms with Gasteiger partial charge in [-0.2, -0.15) is 0 Å². The largest absolute Gasteiger partial charge is 0.481 e. The summed E-state index contributed by atoms with van der Waals surface area (Å²) in [4.78, 5) is 23.6. The third-order valence-corrected chi connectivity index (χ3v) is 6.14. The third-order valence-electron chi connectivity index (χ3n) is 6.14. The Balaban J connectivity index is 1.63. The molecule has 0 bridgehead atoms. The summed E-state index contributed by atoms with van der Waals surface area (Å²) in [5.41, 5.74) is 4.61. The minimum atomic E-state index is -0.836. The number of carbonyl (C=O) groups is 2. The maximum atomic E-state index is 12.5. The SMILES string of the molecule is Cc1ccc(NC(=O)CCc2noc(C3CC(CC(C)C)C3)c2CCC(=O)O)c(C)c1. The van der Waals surface area contributed by atoms with E-state index in [1.807, 2.05) is 32.0 Å². The molecule has 0 saturated heterocycles. The van der Waals surface area contributed by atoms with Gasteiger partial charge in [0.2, 0.25) is 5.91 Å². The summed E-state index contributed by atoms with van der Waals surface area (Å²) in [5.74, 6) is 1.62. The number of carbonyl (C=O) groups excluding carboxylic acids is 1. The lowest BCUT2D eigenvalue weighted by Gasteiger charge is -2.35. The van der Waals surface area contributed by atoms with Gasteiger partial charge >= 0.3 is 5.97 Å². The van der Waals surface area contributed by atoms with Crippen molar-refractivity contribution in [3.63, 3.8) is 0 Å². The lowest BCUT2D eigenvalue weighted by atomic mass is 9.69. The molecule has 1 aromatic heterocycles. The van der Waals surface area contributed by atoms with Crippen LogP contribution in [0.25, 0.3) is 0 Å². The van der Waals surface area contributed by atoms with Crippen LogP contribution in [-0.2, 0) is 22.4 Å². The van der Waals surface area contributed by atoms with Crippen LogP contribution in [0.1, 0.15) is 80.0 Å². The normalized spacial score (nSPS) is 18.1. The summed E-state index contributed by atoms with van der Waals surface area (Å²) in [7, 11) is 0. The van der Waals surface area contributed by atoms with Crippen molar-refractivity contribution >= 4 is 17.6 Å². The number of anilines is 1. The van der Waals surface area contributed by atoms with Crippen LogP contribution >= 0.6 is 0 Å². The van der Waals surface area contributed by atoms with E-state index in [9.17, 15) is 9.59 Å². The number of nitrogens with zero attached hydrogens (tertiary/aromatic N) is 1. The Labute approximate surface area is 184 Å². The van der Waals surface area contributed by atoms with Gasteiger partial charge in [-0.3, -0.25) is 9.59 Å². The fraction of sp³-hybridized carbons (Fsp3) is 0.560. The van der Waals surface area contributed by atoms with Crippen LogP contribution in [-0.4, -0.2) is 22.1 Å². The summed E-state index contributed by atoms with van der Waals surface area (Å²) in [6.45, 7) is 8.47. The fourth-order valence-electron chi connectivity index (χ4n) is 4.58. The van der Waals surface area contributed by atoms with Gasteiger partial charge in [-0.15, -0.1) is 0 Å². The molecule has 6 nitrogen and oxygen atoms in total. The molecule has 1 fully saturated rings. The van der Waals surface area contributed by atoms with Crippen molar-refractivity contribution in [3.05, 3.63) is 46.3 Å². The van der Waals surface area contributed by atoms with Crippen molar-refractivity contribution < 1.29 is 19.2 Å². The second-order valence-corrected chi connectivity index (χ2v) is 9.40.